The molecule has 0 bridgehead atoms. The zero-order chi connectivity index (χ0) is 10.6. The van der Waals surface area contributed by atoms with Gasteiger partial charge < -0.3 is 9.72 Å². The Kier molecular flexibility index (Phi) is 3.02. The molecule has 72 valence electrons. The zero-order valence-electron chi connectivity index (χ0n) is 7.53. The fraction of sp³-hybridized carbons (Fsp3) is 0.222. The molecule has 1 aromatic heterocycles. The van der Waals surface area contributed by atoms with E-state index < -0.39 is 11.5 Å². The van der Waals surface area contributed by atoms with E-state index in [1.807, 2.05) is 0 Å². The van der Waals surface area contributed by atoms with Gasteiger partial charge in [-0.2, -0.15) is 5.26 Å². The second kappa shape index (κ2) is 4.23. The van der Waals surface area contributed by atoms with Crippen LogP contribution < -0.4 is 5.56 Å². The van der Waals surface area contributed by atoms with Gasteiger partial charge in [-0.1, -0.05) is 0 Å². The van der Waals surface area contributed by atoms with Gasteiger partial charge in [0, 0.05) is 6.07 Å². The van der Waals surface area contributed by atoms with E-state index in [2.05, 4.69) is 9.72 Å². The molecule has 0 fully saturated rings. The van der Waals surface area contributed by atoms with Gasteiger partial charge in [0.05, 0.1) is 18.2 Å². The highest BCUT2D eigenvalue weighted by Gasteiger charge is 2.08. The van der Waals surface area contributed by atoms with Crippen molar-refractivity contribution in [1.82, 2.24) is 4.98 Å². The Hall–Kier alpha value is -2.09. The van der Waals surface area contributed by atoms with Gasteiger partial charge in [0.25, 0.3) is 0 Å². The van der Waals surface area contributed by atoms with Crippen LogP contribution in [-0.2, 0) is 4.74 Å². The molecule has 0 unspecified atom stereocenters. The quantitative estimate of drug-likeness (QED) is 0.688. The van der Waals surface area contributed by atoms with Crippen LogP contribution in [0.1, 0.15) is 23.0 Å². The highest BCUT2D eigenvalue weighted by molar-refractivity contribution is 5.87. The largest absolute Gasteiger partial charge is 0.461 e. The number of ether oxygens (including phenoxy) is 1. The molecule has 0 aliphatic heterocycles. The van der Waals surface area contributed by atoms with Crippen molar-refractivity contribution in [2.45, 2.75) is 6.92 Å². The van der Waals surface area contributed by atoms with Crippen molar-refractivity contribution < 1.29 is 9.53 Å². The number of hydrogen-bond acceptors (Lipinski definition) is 4. The fourth-order valence-corrected chi connectivity index (χ4v) is 0.927. The fourth-order valence-electron chi connectivity index (χ4n) is 0.927. The second-order valence-electron chi connectivity index (χ2n) is 2.48. The molecule has 0 atom stereocenters. The molecule has 5 heteroatoms. The number of aromatic amines is 1. The van der Waals surface area contributed by atoms with Crippen LogP contribution in [0, 0.1) is 11.3 Å². The van der Waals surface area contributed by atoms with Crippen LogP contribution >= 0.6 is 0 Å². The van der Waals surface area contributed by atoms with E-state index in [4.69, 9.17) is 5.26 Å². The van der Waals surface area contributed by atoms with Crippen LogP contribution in [0.3, 0.4) is 0 Å². The van der Waals surface area contributed by atoms with Crippen molar-refractivity contribution >= 4 is 5.97 Å². The summed E-state index contributed by atoms with van der Waals surface area (Å²) < 4.78 is 4.66. The minimum atomic E-state index is -0.637. The monoisotopic (exact) mass is 192 g/mol. The Morgan fingerprint density at radius 2 is 2.36 bits per heavy atom. The van der Waals surface area contributed by atoms with E-state index in [1.165, 1.54) is 6.07 Å². The lowest BCUT2D eigenvalue weighted by molar-refractivity contribution is 0.0519. The number of nitrogens with zero attached hydrogens (tertiary/aromatic N) is 1. The number of esters is 1. The topological polar surface area (TPSA) is 82.9 Å². The summed E-state index contributed by atoms with van der Waals surface area (Å²) in [6.45, 7) is 1.88. The minimum absolute atomic E-state index is 0.00380. The third-order valence-corrected chi connectivity index (χ3v) is 1.47. The normalized spacial score (nSPS) is 9.14. The number of pyridine rings is 1. The van der Waals surface area contributed by atoms with Gasteiger partial charge in [-0.05, 0) is 13.0 Å². The molecular weight excluding hydrogens is 184 g/mol. The average Bonchev–Trinajstić information content (AvgIpc) is 2.17. The van der Waals surface area contributed by atoms with Crippen LogP contribution in [0.25, 0.3) is 0 Å². The highest BCUT2D eigenvalue weighted by atomic mass is 16.5. The summed E-state index contributed by atoms with van der Waals surface area (Å²) in [4.78, 5) is 24.4. The molecule has 1 heterocycles. The standard InChI is InChI=1S/C9H8N2O3/c1-2-14-9(13)7-3-6(5-10)4-8(12)11-7/h3-4H,2H2,1H3,(H,11,12). The summed E-state index contributed by atoms with van der Waals surface area (Å²) in [5.74, 6) is -0.637. The molecule has 14 heavy (non-hydrogen) atoms. The Bertz CT molecular complexity index is 442. The molecule has 0 spiro atoms. The highest BCUT2D eigenvalue weighted by Crippen LogP contribution is 1.99. The summed E-state index contributed by atoms with van der Waals surface area (Å²) in [7, 11) is 0. The average molecular weight is 192 g/mol. The smallest absolute Gasteiger partial charge is 0.354 e. The first-order chi connectivity index (χ1) is 6.67. The first kappa shape index (κ1) is 9.99. The molecule has 0 amide bonds. The molecule has 0 aliphatic rings. The predicted octanol–water partition coefficient (Wildman–Crippen LogP) is 0.423. The van der Waals surface area contributed by atoms with Crippen molar-refractivity contribution in [1.29, 1.82) is 5.26 Å². The summed E-state index contributed by atoms with van der Waals surface area (Å²) in [6.07, 6.45) is 0. The van der Waals surface area contributed by atoms with Crippen molar-refractivity contribution in [2.75, 3.05) is 6.61 Å². The number of nitrogens with one attached hydrogen (secondary N) is 1. The van der Waals surface area contributed by atoms with E-state index in [9.17, 15) is 9.59 Å². The van der Waals surface area contributed by atoms with Crippen LogP contribution in [0.2, 0.25) is 0 Å². The molecule has 1 rings (SSSR count). The SMILES string of the molecule is CCOC(=O)c1cc(C#N)cc(=O)[nH]1. The van der Waals surface area contributed by atoms with Gasteiger partial charge >= 0.3 is 5.97 Å². The number of rotatable bonds is 2. The second-order valence-corrected chi connectivity index (χ2v) is 2.48. The zero-order valence-corrected chi connectivity index (χ0v) is 7.53. The maximum Gasteiger partial charge on any atom is 0.354 e. The van der Waals surface area contributed by atoms with Gasteiger partial charge in [0.1, 0.15) is 5.69 Å². The van der Waals surface area contributed by atoms with Gasteiger partial charge in [0.15, 0.2) is 0 Å². The molecular formula is C9H8N2O3. The number of carbonyl (C=O) groups excluding carboxylic acids is 1. The Morgan fingerprint density at radius 1 is 1.64 bits per heavy atom. The van der Waals surface area contributed by atoms with E-state index in [-0.39, 0.29) is 17.9 Å². The molecule has 1 N–H and O–H groups in total. The van der Waals surface area contributed by atoms with E-state index in [1.54, 1.807) is 13.0 Å². The Labute approximate surface area is 79.9 Å². The first-order valence-corrected chi connectivity index (χ1v) is 3.99. The van der Waals surface area contributed by atoms with Gasteiger partial charge in [-0.15, -0.1) is 0 Å². The van der Waals surface area contributed by atoms with Crippen LogP contribution in [0.15, 0.2) is 16.9 Å². The van der Waals surface area contributed by atoms with Crippen LogP contribution in [0.4, 0.5) is 0 Å². The van der Waals surface area contributed by atoms with Crippen LogP contribution in [0.5, 0.6) is 0 Å². The van der Waals surface area contributed by atoms with Crippen molar-refractivity contribution in [3.8, 4) is 6.07 Å². The third-order valence-electron chi connectivity index (χ3n) is 1.47. The number of carbonyl (C=O) groups is 1. The maximum atomic E-state index is 11.2. The maximum absolute atomic E-state index is 11.2. The third kappa shape index (κ3) is 2.20. The molecule has 1 aromatic rings. The van der Waals surface area contributed by atoms with E-state index in [0.717, 1.165) is 6.07 Å². The first-order valence-electron chi connectivity index (χ1n) is 3.99. The molecule has 0 radical (unpaired) electrons. The van der Waals surface area contributed by atoms with E-state index >= 15 is 0 Å². The Morgan fingerprint density at radius 3 is 2.93 bits per heavy atom. The minimum Gasteiger partial charge on any atom is -0.461 e. The Balaban J connectivity index is 3.11. The number of hydrogen-bond donors (Lipinski definition) is 1. The van der Waals surface area contributed by atoms with Gasteiger partial charge in [-0.3, -0.25) is 4.79 Å². The predicted molar refractivity (Wildman–Crippen MR) is 47.7 cm³/mol. The number of nitriles is 1. The number of H-pyrrole nitrogens is 1. The lowest BCUT2D eigenvalue weighted by Crippen LogP contribution is -2.14. The number of aromatic nitrogens is 1. The molecule has 0 saturated carbocycles. The van der Waals surface area contributed by atoms with Crippen molar-refractivity contribution in [2.24, 2.45) is 0 Å². The summed E-state index contributed by atoms with van der Waals surface area (Å²) in [5, 5.41) is 8.54. The summed E-state index contributed by atoms with van der Waals surface area (Å²) in [5.41, 5.74) is -0.361. The lowest BCUT2D eigenvalue weighted by atomic mass is 10.2. The van der Waals surface area contributed by atoms with Gasteiger partial charge in [0.2, 0.25) is 5.56 Å². The van der Waals surface area contributed by atoms with Crippen molar-refractivity contribution in [3.63, 3.8) is 0 Å². The molecule has 0 aliphatic carbocycles. The van der Waals surface area contributed by atoms with Crippen molar-refractivity contribution in [3.05, 3.63) is 33.7 Å². The summed E-state index contributed by atoms with van der Waals surface area (Å²) >= 11 is 0. The van der Waals surface area contributed by atoms with Gasteiger partial charge in [-0.25, -0.2) is 4.79 Å². The van der Waals surface area contributed by atoms with E-state index in [0.29, 0.717) is 0 Å². The van der Waals surface area contributed by atoms with Crippen LogP contribution in [-0.4, -0.2) is 17.6 Å². The molecule has 0 aromatic carbocycles. The molecule has 0 saturated heterocycles. The molecule has 5 nitrogen and oxygen atoms in total. The lowest BCUT2D eigenvalue weighted by Gasteiger charge is -2.00. The summed E-state index contributed by atoms with van der Waals surface area (Å²) in [6, 6.07) is 4.17.